The van der Waals surface area contributed by atoms with Gasteiger partial charge in [-0.05, 0) is 66.3 Å². The third-order valence-corrected chi connectivity index (χ3v) is 4.66. The van der Waals surface area contributed by atoms with Crippen LogP contribution < -0.4 is 9.47 Å². The summed E-state index contributed by atoms with van der Waals surface area (Å²) in [5.41, 5.74) is 2.19. The quantitative estimate of drug-likeness (QED) is 0.257. The first-order valence-corrected chi connectivity index (χ1v) is 9.99. The lowest BCUT2D eigenvalue weighted by Crippen LogP contribution is -2.17. The molecule has 1 heterocycles. The fraction of sp³-hybridized carbons (Fsp3) is 0.0870. The molecule has 0 aliphatic rings. The van der Waals surface area contributed by atoms with Gasteiger partial charge in [0.25, 0.3) is 0 Å². The highest BCUT2D eigenvalue weighted by molar-refractivity contribution is 7.80. The maximum Gasteiger partial charge on any atom is 0.573 e. The molecule has 168 valence electrons. The second-order valence-electron chi connectivity index (χ2n) is 6.86. The van der Waals surface area contributed by atoms with Crippen molar-refractivity contribution in [2.45, 2.75) is 12.8 Å². The number of ether oxygens (including phenoxy) is 2. The first kappa shape index (κ1) is 22.4. The van der Waals surface area contributed by atoms with Crippen molar-refractivity contribution in [2.75, 3.05) is 0 Å². The molecule has 0 saturated heterocycles. The highest BCUT2D eigenvalue weighted by Gasteiger charge is 2.31. The van der Waals surface area contributed by atoms with Gasteiger partial charge in [0.05, 0.1) is 5.69 Å². The van der Waals surface area contributed by atoms with Gasteiger partial charge in [0, 0.05) is 12.0 Å². The van der Waals surface area contributed by atoms with Crippen molar-refractivity contribution in [1.29, 1.82) is 0 Å². The molecule has 0 bridgehead atoms. The summed E-state index contributed by atoms with van der Waals surface area (Å²) in [5.74, 6) is 0.240. The fourth-order valence-corrected chi connectivity index (χ4v) is 3.19. The fourth-order valence-electron chi connectivity index (χ4n) is 2.93. The molecule has 33 heavy (non-hydrogen) atoms. The summed E-state index contributed by atoms with van der Waals surface area (Å²) in [4.78, 5) is 4.26. The standard InChI is InChI=1S/C23H15F4N3O2S/c24-17-5-9-19(10-6-17)31-21(33)13-15-1-3-16(4-2-15)22-28-14-30(29-22)18-7-11-20(12-8-18)32-23(25,26)27/h1-12,14H,13H2. The lowest BCUT2D eigenvalue weighted by Gasteiger charge is -2.09. The summed E-state index contributed by atoms with van der Waals surface area (Å²) in [6.45, 7) is 0. The Balaban J connectivity index is 1.39. The van der Waals surface area contributed by atoms with Crippen LogP contribution in [0.4, 0.5) is 17.6 Å². The van der Waals surface area contributed by atoms with E-state index in [4.69, 9.17) is 17.0 Å². The molecule has 10 heteroatoms. The van der Waals surface area contributed by atoms with Crippen LogP contribution in [0.1, 0.15) is 5.56 Å². The molecule has 0 unspecified atom stereocenters. The Labute approximate surface area is 191 Å². The molecule has 0 fully saturated rings. The van der Waals surface area contributed by atoms with E-state index in [2.05, 4.69) is 14.8 Å². The van der Waals surface area contributed by atoms with Crippen LogP contribution in [0.2, 0.25) is 0 Å². The van der Waals surface area contributed by atoms with Gasteiger partial charge in [-0.2, -0.15) is 0 Å². The van der Waals surface area contributed by atoms with Crippen molar-refractivity contribution in [3.63, 3.8) is 0 Å². The van der Waals surface area contributed by atoms with Crippen LogP contribution in [0.25, 0.3) is 17.1 Å². The Morgan fingerprint density at radius 2 is 1.52 bits per heavy atom. The van der Waals surface area contributed by atoms with Gasteiger partial charge in [-0.1, -0.05) is 24.3 Å². The highest BCUT2D eigenvalue weighted by atomic mass is 32.1. The summed E-state index contributed by atoms with van der Waals surface area (Å²) in [6.07, 6.45) is -2.89. The predicted molar refractivity (Wildman–Crippen MR) is 117 cm³/mol. The van der Waals surface area contributed by atoms with Crippen LogP contribution in [0.5, 0.6) is 11.5 Å². The zero-order valence-corrected chi connectivity index (χ0v) is 17.6. The molecule has 4 aromatic rings. The Morgan fingerprint density at radius 3 is 2.15 bits per heavy atom. The number of aromatic nitrogens is 3. The Kier molecular flexibility index (Phi) is 6.36. The van der Waals surface area contributed by atoms with Gasteiger partial charge in [0.15, 0.2) is 10.9 Å². The van der Waals surface area contributed by atoms with Crippen LogP contribution in [0.15, 0.2) is 79.1 Å². The minimum absolute atomic E-state index is 0.316. The summed E-state index contributed by atoms with van der Waals surface area (Å²) in [7, 11) is 0. The zero-order chi connectivity index (χ0) is 23.4. The van der Waals surface area contributed by atoms with E-state index in [9.17, 15) is 17.6 Å². The average molecular weight is 473 g/mol. The molecule has 0 atom stereocenters. The molecule has 0 N–H and O–H groups in total. The van der Waals surface area contributed by atoms with E-state index >= 15 is 0 Å². The highest BCUT2D eigenvalue weighted by Crippen LogP contribution is 2.24. The Hall–Kier alpha value is -3.79. The van der Waals surface area contributed by atoms with E-state index in [1.54, 1.807) is 0 Å². The molecule has 4 rings (SSSR count). The molecule has 0 saturated carbocycles. The van der Waals surface area contributed by atoms with Crippen molar-refractivity contribution in [2.24, 2.45) is 0 Å². The van der Waals surface area contributed by atoms with E-state index in [1.165, 1.54) is 59.5 Å². The van der Waals surface area contributed by atoms with Crippen molar-refractivity contribution < 1.29 is 27.0 Å². The molecule has 0 aliphatic heterocycles. The predicted octanol–water partition coefficient (Wildman–Crippen LogP) is 5.92. The van der Waals surface area contributed by atoms with Crippen molar-refractivity contribution in [3.8, 4) is 28.6 Å². The van der Waals surface area contributed by atoms with Gasteiger partial charge in [-0.25, -0.2) is 14.1 Å². The number of nitrogens with zero attached hydrogens (tertiary/aromatic N) is 3. The van der Waals surface area contributed by atoms with Crippen LogP contribution in [-0.2, 0) is 6.42 Å². The van der Waals surface area contributed by atoms with E-state index in [0.717, 1.165) is 11.1 Å². The Morgan fingerprint density at radius 1 is 0.879 bits per heavy atom. The van der Waals surface area contributed by atoms with Crippen molar-refractivity contribution in [1.82, 2.24) is 14.8 Å². The zero-order valence-electron chi connectivity index (χ0n) is 16.8. The number of benzene rings is 3. The first-order valence-electron chi connectivity index (χ1n) is 9.58. The van der Waals surface area contributed by atoms with Gasteiger partial charge in [0.1, 0.15) is 23.6 Å². The van der Waals surface area contributed by atoms with Crippen LogP contribution >= 0.6 is 12.2 Å². The number of hydrogen-bond donors (Lipinski definition) is 0. The number of rotatable bonds is 6. The summed E-state index contributed by atoms with van der Waals surface area (Å²) < 4.78 is 60.7. The molecule has 0 aliphatic carbocycles. The molecular formula is C23H15F4N3O2S. The van der Waals surface area contributed by atoms with E-state index in [-0.39, 0.29) is 11.6 Å². The monoisotopic (exact) mass is 473 g/mol. The maximum atomic E-state index is 13.0. The molecule has 5 nitrogen and oxygen atoms in total. The third-order valence-electron chi connectivity index (χ3n) is 4.43. The summed E-state index contributed by atoms with van der Waals surface area (Å²) in [5, 5.41) is 4.71. The van der Waals surface area contributed by atoms with Crippen molar-refractivity contribution >= 4 is 17.3 Å². The van der Waals surface area contributed by atoms with Gasteiger partial charge in [-0.3, -0.25) is 0 Å². The van der Waals surface area contributed by atoms with Gasteiger partial charge < -0.3 is 9.47 Å². The molecule has 1 aromatic heterocycles. The minimum Gasteiger partial charge on any atom is -0.450 e. The van der Waals surface area contributed by atoms with E-state index < -0.39 is 6.36 Å². The van der Waals surface area contributed by atoms with Crippen LogP contribution in [-0.4, -0.2) is 26.2 Å². The molecule has 0 spiro atoms. The van der Waals surface area contributed by atoms with Crippen molar-refractivity contribution in [3.05, 3.63) is 90.5 Å². The number of thiocarbonyl (C=S) groups is 1. The van der Waals surface area contributed by atoms with E-state index in [1.807, 2.05) is 24.3 Å². The Bertz CT molecular complexity index is 1240. The van der Waals surface area contributed by atoms with Gasteiger partial charge >= 0.3 is 6.36 Å². The lowest BCUT2D eigenvalue weighted by molar-refractivity contribution is -0.274. The topological polar surface area (TPSA) is 49.2 Å². The lowest BCUT2D eigenvalue weighted by atomic mass is 10.1. The SMILES string of the molecule is Fc1ccc(OC(=S)Cc2ccc(-c3ncn(-c4ccc(OC(F)(F)F)cc4)n3)cc2)cc1. The maximum absolute atomic E-state index is 13.0. The third kappa shape index (κ3) is 6.13. The summed E-state index contributed by atoms with van der Waals surface area (Å²) in [6, 6.07) is 18.3. The number of hydrogen-bond acceptors (Lipinski definition) is 5. The van der Waals surface area contributed by atoms with Gasteiger partial charge in [-0.15, -0.1) is 18.3 Å². The number of halogens is 4. The average Bonchev–Trinajstić information content (AvgIpc) is 3.25. The van der Waals surface area contributed by atoms with E-state index in [0.29, 0.717) is 28.7 Å². The molecule has 0 amide bonds. The first-order chi connectivity index (χ1) is 15.7. The smallest absolute Gasteiger partial charge is 0.450 e. The molecule has 3 aromatic carbocycles. The molecule has 0 radical (unpaired) electrons. The molecular weight excluding hydrogens is 458 g/mol. The largest absolute Gasteiger partial charge is 0.573 e. The number of alkyl halides is 3. The van der Waals surface area contributed by atoms with Crippen LogP contribution in [0, 0.1) is 5.82 Å². The minimum atomic E-state index is -4.75. The second-order valence-corrected chi connectivity index (χ2v) is 7.31. The normalized spacial score (nSPS) is 11.3. The van der Waals surface area contributed by atoms with Crippen LogP contribution in [0.3, 0.4) is 0 Å². The second kappa shape index (κ2) is 9.37. The van der Waals surface area contributed by atoms with Gasteiger partial charge in [0.2, 0.25) is 0 Å². The summed E-state index contributed by atoms with van der Waals surface area (Å²) >= 11 is 5.26.